The third kappa shape index (κ3) is 2.42. The lowest BCUT2D eigenvalue weighted by atomic mass is 9.64. The molecule has 1 unspecified atom stereocenters. The van der Waals surface area contributed by atoms with E-state index in [2.05, 4.69) is 31.3 Å². The molecule has 1 fully saturated rings. The van der Waals surface area contributed by atoms with Crippen LogP contribution in [0.25, 0.3) is 0 Å². The first-order valence-electron chi connectivity index (χ1n) is 6.58. The highest BCUT2D eigenvalue weighted by molar-refractivity contribution is 6.30. The van der Waals surface area contributed by atoms with Gasteiger partial charge in [0.05, 0.1) is 13.2 Å². The smallest absolute Gasteiger partial charge is 0.0588 e. The monoisotopic (exact) mass is 267 g/mol. The van der Waals surface area contributed by atoms with Crippen molar-refractivity contribution in [3.8, 4) is 0 Å². The number of halogens is 1. The van der Waals surface area contributed by atoms with Crippen molar-refractivity contribution in [3.05, 3.63) is 34.9 Å². The van der Waals surface area contributed by atoms with E-state index >= 15 is 0 Å². The van der Waals surface area contributed by atoms with Gasteiger partial charge in [-0.05, 0) is 43.1 Å². The van der Waals surface area contributed by atoms with Gasteiger partial charge in [0.25, 0.3) is 0 Å². The van der Waals surface area contributed by atoms with Crippen LogP contribution in [0.2, 0.25) is 5.02 Å². The maximum Gasteiger partial charge on any atom is 0.0588 e. The molecule has 0 saturated carbocycles. The molecule has 2 rings (SSSR count). The number of rotatable bonds is 5. The Bertz CT molecular complexity index is 401. The minimum Gasteiger partial charge on any atom is -0.379 e. The standard InChI is InChI=1S/C15H22ClNO/c1-11(2)14(8-17-3)15(9-18-10-15)12-5-4-6-13(16)7-12/h4-7,11,14,17H,8-10H2,1-3H3. The Hall–Kier alpha value is -0.570. The summed E-state index contributed by atoms with van der Waals surface area (Å²) in [5.74, 6) is 1.18. The fraction of sp³-hybridized carbons (Fsp3) is 0.600. The summed E-state index contributed by atoms with van der Waals surface area (Å²) in [6.07, 6.45) is 0. The lowest BCUT2D eigenvalue weighted by molar-refractivity contribution is -0.0995. The zero-order chi connectivity index (χ0) is 13.2. The Kier molecular flexibility index (Phi) is 4.31. The minimum absolute atomic E-state index is 0.127. The molecule has 2 nitrogen and oxygen atoms in total. The van der Waals surface area contributed by atoms with Gasteiger partial charge < -0.3 is 10.1 Å². The SMILES string of the molecule is CNCC(C(C)C)C1(c2cccc(Cl)c2)COC1. The van der Waals surface area contributed by atoms with E-state index in [1.807, 2.05) is 19.2 Å². The largest absolute Gasteiger partial charge is 0.379 e. The molecule has 1 atom stereocenters. The molecule has 0 radical (unpaired) electrons. The second kappa shape index (κ2) is 5.60. The van der Waals surface area contributed by atoms with E-state index in [9.17, 15) is 0 Å². The molecule has 0 aliphatic carbocycles. The van der Waals surface area contributed by atoms with Crippen molar-refractivity contribution in [2.45, 2.75) is 19.3 Å². The van der Waals surface area contributed by atoms with Crippen LogP contribution in [0.1, 0.15) is 19.4 Å². The molecule has 1 saturated heterocycles. The summed E-state index contributed by atoms with van der Waals surface area (Å²) >= 11 is 6.14. The Morgan fingerprint density at radius 3 is 2.56 bits per heavy atom. The average Bonchev–Trinajstić information content (AvgIpc) is 2.26. The van der Waals surface area contributed by atoms with Crippen LogP contribution in [0.4, 0.5) is 0 Å². The predicted octanol–water partition coefficient (Wildman–Crippen LogP) is 3.10. The number of nitrogens with one attached hydrogen (secondary N) is 1. The number of benzene rings is 1. The molecule has 0 aromatic heterocycles. The topological polar surface area (TPSA) is 21.3 Å². The molecule has 1 N–H and O–H groups in total. The van der Waals surface area contributed by atoms with Crippen LogP contribution in [0.15, 0.2) is 24.3 Å². The summed E-state index contributed by atoms with van der Waals surface area (Å²) in [5.41, 5.74) is 1.44. The van der Waals surface area contributed by atoms with Crippen molar-refractivity contribution in [2.24, 2.45) is 11.8 Å². The molecular weight excluding hydrogens is 246 g/mol. The predicted molar refractivity (Wildman–Crippen MR) is 76.2 cm³/mol. The molecule has 3 heteroatoms. The van der Waals surface area contributed by atoms with Gasteiger partial charge in [-0.1, -0.05) is 37.6 Å². The van der Waals surface area contributed by atoms with E-state index in [0.717, 1.165) is 24.8 Å². The van der Waals surface area contributed by atoms with Crippen LogP contribution in [0.3, 0.4) is 0 Å². The quantitative estimate of drug-likeness (QED) is 0.885. The van der Waals surface area contributed by atoms with Gasteiger partial charge in [0.1, 0.15) is 0 Å². The summed E-state index contributed by atoms with van der Waals surface area (Å²) in [5, 5.41) is 4.13. The number of hydrogen-bond donors (Lipinski definition) is 1. The van der Waals surface area contributed by atoms with E-state index in [1.165, 1.54) is 5.56 Å². The maximum absolute atomic E-state index is 6.14. The molecule has 0 spiro atoms. The van der Waals surface area contributed by atoms with Gasteiger partial charge in [-0.25, -0.2) is 0 Å². The minimum atomic E-state index is 0.127. The molecular formula is C15H22ClNO. The highest BCUT2D eigenvalue weighted by Gasteiger charge is 2.47. The van der Waals surface area contributed by atoms with E-state index in [1.54, 1.807) is 0 Å². The molecule has 1 aliphatic rings. The summed E-state index contributed by atoms with van der Waals surface area (Å²) in [6.45, 7) is 7.18. The molecule has 1 aromatic rings. The summed E-state index contributed by atoms with van der Waals surface area (Å²) in [7, 11) is 2.01. The second-order valence-electron chi connectivity index (χ2n) is 5.57. The number of hydrogen-bond acceptors (Lipinski definition) is 2. The third-order valence-electron chi connectivity index (χ3n) is 4.06. The van der Waals surface area contributed by atoms with Gasteiger partial charge in [-0.15, -0.1) is 0 Å². The fourth-order valence-corrected chi connectivity index (χ4v) is 3.19. The Labute approximate surface area is 115 Å². The first-order chi connectivity index (χ1) is 8.60. The third-order valence-corrected chi connectivity index (χ3v) is 4.29. The molecule has 100 valence electrons. The van der Waals surface area contributed by atoms with Crippen molar-refractivity contribution in [1.29, 1.82) is 0 Å². The number of ether oxygens (including phenoxy) is 1. The van der Waals surface area contributed by atoms with Gasteiger partial charge in [0, 0.05) is 10.4 Å². The average molecular weight is 268 g/mol. The normalized spacial score (nSPS) is 19.6. The van der Waals surface area contributed by atoms with Crippen molar-refractivity contribution in [3.63, 3.8) is 0 Å². The van der Waals surface area contributed by atoms with Gasteiger partial charge in [0.2, 0.25) is 0 Å². The summed E-state index contributed by atoms with van der Waals surface area (Å²) in [6, 6.07) is 8.24. The highest BCUT2D eigenvalue weighted by Crippen LogP contribution is 2.43. The van der Waals surface area contributed by atoms with Crippen molar-refractivity contribution in [2.75, 3.05) is 26.8 Å². The van der Waals surface area contributed by atoms with E-state index in [0.29, 0.717) is 11.8 Å². The zero-order valence-electron chi connectivity index (χ0n) is 11.4. The molecule has 18 heavy (non-hydrogen) atoms. The van der Waals surface area contributed by atoms with Crippen molar-refractivity contribution >= 4 is 11.6 Å². The van der Waals surface area contributed by atoms with Crippen molar-refractivity contribution in [1.82, 2.24) is 5.32 Å². The van der Waals surface area contributed by atoms with E-state index in [-0.39, 0.29) is 5.41 Å². The van der Waals surface area contributed by atoms with Crippen LogP contribution in [0, 0.1) is 11.8 Å². The van der Waals surface area contributed by atoms with Gasteiger partial charge in [-0.2, -0.15) is 0 Å². The summed E-state index contributed by atoms with van der Waals surface area (Å²) in [4.78, 5) is 0. The summed E-state index contributed by atoms with van der Waals surface area (Å²) < 4.78 is 5.54. The van der Waals surface area contributed by atoms with Crippen LogP contribution in [-0.2, 0) is 10.2 Å². The van der Waals surface area contributed by atoms with Crippen molar-refractivity contribution < 1.29 is 4.74 Å². The Morgan fingerprint density at radius 1 is 1.39 bits per heavy atom. The fourth-order valence-electron chi connectivity index (χ4n) is 3.00. The Morgan fingerprint density at radius 2 is 2.11 bits per heavy atom. The first-order valence-corrected chi connectivity index (χ1v) is 6.96. The van der Waals surface area contributed by atoms with Crippen LogP contribution >= 0.6 is 11.6 Å². The Balaban J connectivity index is 2.34. The van der Waals surface area contributed by atoms with Gasteiger partial charge in [-0.3, -0.25) is 0 Å². The highest BCUT2D eigenvalue weighted by atomic mass is 35.5. The van der Waals surface area contributed by atoms with Crippen LogP contribution in [-0.4, -0.2) is 26.8 Å². The lowest BCUT2D eigenvalue weighted by Crippen LogP contribution is -2.56. The molecule has 1 aromatic carbocycles. The zero-order valence-corrected chi connectivity index (χ0v) is 12.1. The molecule has 1 heterocycles. The van der Waals surface area contributed by atoms with Crippen LogP contribution in [0.5, 0.6) is 0 Å². The molecule has 0 bridgehead atoms. The van der Waals surface area contributed by atoms with Gasteiger partial charge in [0.15, 0.2) is 0 Å². The van der Waals surface area contributed by atoms with Crippen LogP contribution < -0.4 is 5.32 Å². The molecule has 1 aliphatic heterocycles. The van der Waals surface area contributed by atoms with E-state index in [4.69, 9.17) is 16.3 Å². The first kappa shape index (κ1) is 13.9. The second-order valence-corrected chi connectivity index (χ2v) is 6.00. The van der Waals surface area contributed by atoms with E-state index < -0.39 is 0 Å². The van der Waals surface area contributed by atoms with Gasteiger partial charge >= 0.3 is 0 Å². The lowest BCUT2D eigenvalue weighted by Gasteiger charge is -2.49. The molecule has 0 amide bonds. The maximum atomic E-state index is 6.14.